The number of aromatic nitrogens is 4. The highest BCUT2D eigenvalue weighted by Crippen LogP contribution is 2.23. The number of benzene rings is 2. The molecule has 0 saturated heterocycles. The van der Waals surface area contributed by atoms with E-state index in [-0.39, 0.29) is 24.1 Å². The minimum absolute atomic E-state index is 0.151. The maximum Gasteiger partial charge on any atom is 0.251 e. The van der Waals surface area contributed by atoms with Crippen LogP contribution in [-0.2, 0) is 11.3 Å². The van der Waals surface area contributed by atoms with E-state index in [9.17, 15) is 9.59 Å². The Bertz CT molecular complexity index is 1320. The van der Waals surface area contributed by atoms with E-state index < -0.39 is 0 Å². The van der Waals surface area contributed by atoms with Gasteiger partial charge < -0.3 is 10.6 Å². The van der Waals surface area contributed by atoms with Crippen LogP contribution in [-0.4, -0.2) is 37.3 Å². The molecule has 0 atom stereocenters. The van der Waals surface area contributed by atoms with Crippen molar-refractivity contribution in [2.75, 3.05) is 11.1 Å². The lowest BCUT2D eigenvalue weighted by atomic mass is 10.1. The lowest BCUT2D eigenvalue weighted by molar-refractivity contribution is -0.113. The maximum absolute atomic E-state index is 12.7. The molecule has 2 N–H and O–H groups in total. The van der Waals surface area contributed by atoms with Crippen molar-refractivity contribution in [2.45, 2.75) is 32.5 Å². The Morgan fingerprint density at radius 1 is 1.06 bits per heavy atom. The molecule has 2 aromatic heterocycles. The molecule has 10 heteroatoms. The summed E-state index contributed by atoms with van der Waals surface area (Å²) in [6.45, 7) is 6.19. The maximum atomic E-state index is 12.7. The van der Waals surface area contributed by atoms with Gasteiger partial charge in [0.05, 0.1) is 12.3 Å². The molecule has 2 amide bonds. The third-order valence-electron chi connectivity index (χ3n) is 5.15. The van der Waals surface area contributed by atoms with Crippen molar-refractivity contribution in [1.29, 1.82) is 0 Å². The predicted octanol–water partition coefficient (Wildman–Crippen LogP) is 4.31. The minimum Gasteiger partial charge on any atom is -0.345 e. The second-order valence-electron chi connectivity index (χ2n) is 7.73. The van der Waals surface area contributed by atoms with Gasteiger partial charge in [-0.1, -0.05) is 30.0 Å². The normalized spacial score (nSPS) is 10.8. The Kier molecular flexibility index (Phi) is 7.39. The predicted molar refractivity (Wildman–Crippen MR) is 135 cm³/mol. The number of thioether (sulfide) groups is 1. The summed E-state index contributed by atoms with van der Waals surface area (Å²) in [5.74, 6) is 0.367. The average molecular weight is 493 g/mol. The Hall–Kier alpha value is -3.50. The number of amides is 2. The second kappa shape index (κ2) is 10.6. The number of hydrogen-bond donors (Lipinski definition) is 2. The molecule has 0 unspecified atom stereocenters. The SMILES string of the molecule is Cc1cccc(-n2c(CNC(=O)c3ccc(C)c(C)c3)nnc2SCC(=O)Nc2nccs2)c1. The van der Waals surface area contributed by atoms with Gasteiger partial charge in [0, 0.05) is 22.8 Å². The quantitative estimate of drug-likeness (QED) is 0.356. The topological polar surface area (TPSA) is 102 Å². The van der Waals surface area contributed by atoms with Crippen LogP contribution in [0.1, 0.15) is 32.9 Å². The van der Waals surface area contributed by atoms with Gasteiger partial charge >= 0.3 is 0 Å². The van der Waals surface area contributed by atoms with Crippen LogP contribution in [0.15, 0.2) is 59.2 Å². The lowest BCUT2D eigenvalue weighted by Gasteiger charge is -2.12. The second-order valence-corrected chi connectivity index (χ2v) is 9.57. The third-order valence-corrected chi connectivity index (χ3v) is 6.76. The van der Waals surface area contributed by atoms with E-state index >= 15 is 0 Å². The van der Waals surface area contributed by atoms with Crippen LogP contribution in [0, 0.1) is 20.8 Å². The summed E-state index contributed by atoms with van der Waals surface area (Å²) in [6.07, 6.45) is 1.64. The number of thiazole rings is 1. The van der Waals surface area contributed by atoms with Crippen molar-refractivity contribution in [1.82, 2.24) is 25.1 Å². The van der Waals surface area contributed by atoms with Crippen molar-refractivity contribution in [2.24, 2.45) is 0 Å². The standard InChI is InChI=1S/C24H24N6O2S2/c1-15-5-4-6-19(11-15)30-20(13-26-22(32)18-8-7-16(2)17(3)12-18)28-29-24(30)34-14-21(31)27-23-25-9-10-33-23/h4-12H,13-14H2,1-3H3,(H,26,32)(H,25,27,31). The highest BCUT2D eigenvalue weighted by molar-refractivity contribution is 7.99. The zero-order valence-corrected chi connectivity index (χ0v) is 20.7. The molecule has 0 saturated carbocycles. The third kappa shape index (κ3) is 5.70. The summed E-state index contributed by atoms with van der Waals surface area (Å²) >= 11 is 2.64. The van der Waals surface area contributed by atoms with Crippen molar-refractivity contribution in [3.63, 3.8) is 0 Å². The number of hydrogen-bond acceptors (Lipinski definition) is 7. The number of nitrogens with one attached hydrogen (secondary N) is 2. The first kappa shape index (κ1) is 23.7. The highest BCUT2D eigenvalue weighted by Gasteiger charge is 2.17. The Morgan fingerprint density at radius 2 is 1.91 bits per heavy atom. The summed E-state index contributed by atoms with van der Waals surface area (Å²) in [6, 6.07) is 13.5. The Morgan fingerprint density at radius 3 is 2.65 bits per heavy atom. The number of aryl methyl sites for hydroxylation is 3. The van der Waals surface area contributed by atoms with Gasteiger partial charge in [0.2, 0.25) is 5.91 Å². The van der Waals surface area contributed by atoms with Crippen molar-refractivity contribution >= 4 is 40.0 Å². The molecule has 174 valence electrons. The van der Waals surface area contributed by atoms with Crippen LogP contribution in [0.5, 0.6) is 0 Å². The van der Waals surface area contributed by atoms with E-state index in [2.05, 4.69) is 25.8 Å². The zero-order valence-electron chi connectivity index (χ0n) is 19.0. The molecule has 0 aliphatic heterocycles. The van der Waals surface area contributed by atoms with Crippen LogP contribution >= 0.6 is 23.1 Å². The smallest absolute Gasteiger partial charge is 0.251 e. The van der Waals surface area contributed by atoms with E-state index in [1.165, 1.54) is 23.1 Å². The molecule has 4 rings (SSSR count). The fourth-order valence-electron chi connectivity index (χ4n) is 3.25. The van der Waals surface area contributed by atoms with Crippen LogP contribution in [0.2, 0.25) is 0 Å². The lowest BCUT2D eigenvalue weighted by Crippen LogP contribution is -2.24. The van der Waals surface area contributed by atoms with Gasteiger partial charge in [0.15, 0.2) is 16.1 Å². The van der Waals surface area contributed by atoms with Crippen molar-refractivity contribution < 1.29 is 9.59 Å². The van der Waals surface area contributed by atoms with Gasteiger partial charge in [-0.25, -0.2) is 4.98 Å². The molecule has 2 heterocycles. The molecule has 0 bridgehead atoms. The van der Waals surface area contributed by atoms with Crippen LogP contribution in [0.4, 0.5) is 5.13 Å². The number of anilines is 1. The number of carbonyl (C=O) groups excluding carboxylic acids is 2. The van der Waals surface area contributed by atoms with E-state index in [0.29, 0.717) is 21.7 Å². The molecular formula is C24H24N6O2S2. The largest absolute Gasteiger partial charge is 0.345 e. The first-order valence-electron chi connectivity index (χ1n) is 10.6. The fraction of sp³-hybridized carbons (Fsp3) is 0.208. The van der Waals surface area contributed by atoms with Gasteiger partial charge in [-0.05, 0) is 61.7 Å². The first-order valence-corrected chi connectivity index (χ1v) is 12.5. The van der Waals surface area contributed by atoms with Crippen molar-refractivity contribution in [3.05, 3.63) is 82.1 Å². The van der Waals surface area contributed by atoms with Gasteiger partial charge in [0.25, 0.3) is 5.91 Å². The van der Waals surface area contributed by atoms with Crippen molar-refractivity contribution in [3.8, 4) is 5.69 Å². The number of nitrogens with zero attached hydrogens (tertiary/aromatic N) is 4. The molecule has 0 aliphatic carbocycles. The summed E-state index contributed by atoms with van der Waals surface area (Å²) in [4.78, 5) is 29.1. The fourth-order valence-corrected chi connectivity index (χ4v) is 4.57. The molecule has 4 aromatic rings. The summed E-state index contributed by atoms with van der Waals surface area (Å²) < 4.78 is 1.87. The van der Waals surface area contributed by atoms with Gasteiger partial charge in [-0.15, -0.1) is 21.5 Å². The van der Waals surface area contributed by atoms with Gasteiger partial charge in [-0.2, -0.15) is 0 Å². The summed E-state index contributed by atoms with van der Waals surface area (Å²) in [5, 5.41) is 17.2. The molecule has 8 nitrogen and oxygen atoms in total. The summed E-state index contributed by atoms with van der Waals surface area (Å²) in [7, 11) is 0. The van der Waals surface area contributed by atoms with E-state index in [4.69, 9.17) is 0 Å². The van der Waals surface area contributed by atoms with E-state index in [1.807, 2.05) is 67.8 Å². The molecule has 0 radical (unpaired) electrons. The highest BCUT2D eigenvalue weighted by atomic mass is 32.2. The zero-order chi connectivity index (χ0) is 24.1. The van der Waals surface area contributed by atoms with Crippen LogP contribution in [0.3, 0.4) is 0 Å². The Balaban J connectivity index is 1.52. The number of rotatable bonds is 8. The number of carbonyl (C=O) groups is 2. The monoisotopic (exact) mass is 492 g/mol. The minimum atomic E-state index is -0.182. The molecule has 0 spiro atoms. The molecule has 34 heavy (non-hydrogen) atoms. The van der Waals surface area contributed by atoms with Crippen LogP contribution in [0.25, 0.3) is 5.69 Å². The molecule has 0 aliphatic rings. The summed E-state index contributed by atoms with van der Waals surface area (Å²) in [5.41, 5.74) is 4.73. The Labute approximate surface area is 205 Å². The first-order chi connectivity index (χ1) is 16.4. The molecule has 2 aromatic carbocycles. The van der Waals surface area contributed by atoms with Crippen LogP contribution < -0.4 is 10.6 Å². The van der Waals surface area contributed by atoms with E-state index in [1.54, 1.807) is 11.6 Å². The molecule has 0 fully saturated rings. The van der Waals surface area contributed by atoms with E-state index in [0.717, 1.165) is 22.4 Å². The van der Waals surface area contributed by atoms with Gasteiger partial charge in [-0.3, -0.25) is 14.2 Å². The molecular weight excluding hydrogens is 468 g/mol. The average Bonchev–Trinajstić information content (AvgIpc) is 3.47. The van der Waals surface area contributed by atoms with Gasteiger partial charge in [0.1, 0.15) is 0 Å².